The van der Waals surface area contributed by atoms with Crippen molar-refractivity contribution in [1.29, 1.82) is 5.26 Å². The van der Waals surface area contributed by atoms with E-state index in [1.54, 1.807) is 6.20 Å². The van der Waals surface area contributed by atoms with Crippen molar-refractivity contribution in [2.75, 3.05) is 11.9 Å². The summed E-state index contributed by atoms with van der Waals surface area (Å²) in [6.07, 6.45) is 2.38. The maximum absolute atomic E-state index is 11.9. The fourth-order valence-corrected chi connectivity index (χ4v) is 2.60. The minimum atomic E-state index is -0.352. The summed E-state index contributed by atoms with van der Waals surface area (Å²) in [4.78, 5) is 11.9. The highest BCUT2D eigenvalue weighted by Crippen LogP contribution is 2.27. The zero-order chi connectivity index (χ0) is 13.5. The molecule has 0 radical (unpaired) electrons. The Bertz CT molecular complexity index is 440. The first-order valence-corrected chi connectivity index (χ1v) is 7.12. The second kappa shape index (κ2) is 7.34. The zero-order valence-corrected chi connectivity index (χ0v) is 12.6. The fourth-order valence-electron chi connectivity index (χ4n) is 1.43. The van der Waals surface area contributed by atoms with Crippen LogP contribution in [0.3, 0.4) is 0 Å². The lowest BCUT2D eigenvalue weighted by Crippen LogP contribution is -2.40. The average Bonchev–Trinajstić information content (AvgIpc) is 2.70. The minimum Gasteiger partial charge on any atom is -0.363 e. The maximum atomic E-state index is 11.9. The molecule has 1 rings (SSSR count). The third-order valence-electron chi connectivity index (χ3n) is 2.20. The molecule has 0 saturated heterocycles. The number of nitriles is 1. The molecule has 0 aromatic carbocycles. The van der Waals surface area contributed by atoms with Crippen molar-refractivity contribution in [2.24, 2.45) is 5.92 Å². The summed E-state index contributed by atoms with van der Waals surface area (Å²) >= 11 is 4.66. The van der Waals surface area contributed by atoms with Crippen molar-refractivity contribution in [3.8, 4) is 6.07 Å². The molecule has 1 amide bonds. The fraction of sp³-hybridized carbons (Fsp3) is 0.545. The van der Waals surface area contributed by atoms with Gasteiger partial charge in [-0.3, -0.25) is 4.79 Å². The van der Waals surface area contributed by atoms with Crippen molar-refractivity contribution >= 4 is 38.4 Å². The van der Waals surface area contributed by atoms with E-state index in [4.69, 9.17) is 5.26 Å². The predicted molar refractivity (Wildman–Crippen MR) is 75.3 cm³/mol. The zero-order valence-electron chi connectivity index (χ0n) is 10.2. The standard InChI is InChI=1S/C11H15BrN4OS/c1-7(2)5-9(10(17)14-4-3-13)16-11-8(12)6-15-18-11/h6-7,9,16H,4-5H2,1-2H3,(H,14,17)/t9-/m0/s1. The second-order valence-electron chi connectivity index (χ2n) is 4.21. The lowest BCUT2D eigenvalue weighted by atomic mass is 10.0. The molecule has 0 aliphatic heterocycles. The SMILES string of the molecule is CC(C)C[C@H](Nc1sncc1Br)C(=O)NCC#N. The van der Waals surface area contributed by atoms with E-state index in [1.165, 1.54) is 11.5 Å². The summed E-state index contributed by atoms with van der Waals surface area (Å²) in [5.41, 5.74) is 0. The molecule has 0 fully saturated rings. The van der Waals surface area contributed by atoms with Crippen molar-refractivity contribution in [3.05, 3.63) is 10.7 Å². The summed E-state index contributed by atoms with van der Waals surface area (Å²) < 4.78 is 4.87. The van der Waals surface area contributed by atoms with Crippen LogP contribution in [0.2, 0.25) is 0 Å². The number of aromatic nitrogens is 1. The van der Waals surface area contributed by atoms with Gasteiger partial charge < -0.3 is 10.6 Å². The molecule has 7 heteroatoms. The molecule has 1 atom stereocenters. The van der Waals surface area contributed by atoms with Crippen LogP contribution in [-0.2, 0) is 4.79 Å². The third-order valence-corrected chi connectivity index (χ3v) is 3.79. The smallest absolute Gasteiger partial charge is 0.243 e. The van der Waals surface area contributed by atoms with E-state index in [0.29, 0.717) is 12.3 Å². The van der Waals surface area contributed by atoms with Gasteiger partial charge in [0.15, 0.2) is 0 Å². The Labute approximate surface area is 119 Å². The monoisotopic (exact) mass is 330 g/mol. The molecule has 0 saturated carbocycles. The summed E-state index contributed by atoms with van der Waals surface area (Å²) in [5, 5.41) is 15.0. The van der Waals surface area contributed by atoms with Crippen molar-refractivity contribution in [3.63, 3.8) is 0 Å². The van der Waals surface area contributed by atoms with Gasteiger partial charge in [0.05, 0.1) is 16.7 Å². The van der Waals surface area contributed by atoms with Gasteiger partial charge in [-0.15, -0.1) is 0 Å². The van der Waals surface area contributed by atoms with Crippen LogP contribution in [-0.4, -0.2) is 22.9 Å². The van der Waals surface area contributed by atoms with Gasteiger partial charge in [-0.05, 0) is 39.8 Å². The number of hydrogen-bond donors (Lipinski definition) is 2. The molecule has 98 valence electrons. The highest BCUT2D eigenvalue weighted by Gasteiger charge is 2.20. The molecular formula is C11H15BrN4OS. The Hall–Kier alpha value is -1.13. The van der Waals surface area contributed by atoms with Crippen LogP contribution in [0.5, 0.6) is 0 Å². The lowest BCUT2D eigenvalue weighted by molar-refractivity contribution is -0.121. The molecule has 2 N–H and O–H groups in total. The van der Waals surface area contributed by atoms with Gasteiger partial charge in [0, 0.05) is 0 Å². The van der Waals surface area contributed by atoms with Gasteiger partial charge in [-0.2, -0.15) is 9.64 Å². The van der Waals surface area contributed by atoms with E-state index >= 15 is 0 Å². The summed E-state index contributed by atoms with van der Waals surface area (Å²) in [6.45, 7) is 4.13. The molecule has 1 heterocycles. The number of nitrogens with one attached hydrogen (secondary N) is 2. The van der Waals surface area contributed by atoms with Crippen molar-refractivity contribution < 1.29 is 4.79 Å². The maximum Gasteiger partial charge on any atom is 0.243 e. The predicted octanol–water partition coefficient (Wildman–Crippen LogP) is 2.37. The van der Waals surface area contributed by atoms with Gasteiger partial charge in [0.25, 0.3) is 0 Å². The first kappa shape index (κ1) is 14.9. The van der Waals surface area contributed by atoms with Gasteiger partial charge in [0.2, 0.25) is 5.91 Å². The van der Waals surface area contributed by atoms with E-state index in [9.17, 15) is 4.79 Å². The van der Waals surface area contributed by atoms with E-state index in [1.807, 2.05) is 19.9 Å². The van der Waals surface area contributed by atoms with Crippen LogP contribution in [0.1, 0.15) is 20.3 Å². The van der Waals surface area contributed by atoms with E-state index in [0.717, 1.165) is 9.47 Å². The topological polar surface area (TPSA) is 77.8 Å². The van der Waals surface area contributed by atoms with E-state index in [2.05, 4.69) is 30.9 Å². The number of anilines is 1. The quantitative estimate of drug-likeness (QED) is 0.785. The molecule has 1 aromatic rings. The Morgan fingerprint density at radius 2 is 2.39 bits per heavy atom. The van der Waals surface area contributed by atoms with E-state index in [-0.39, 0.29) is 18.5 Å². The Balaban J connectivity index is 2.69. The lowest BCUT2D eigenvalue weighted by Gasteiger charge is -2.19. The normalized spacial score (nSPS) is 11.9. The summed E-state index contributed by atoms with van der Waals surface area (Å²) in [5.74, 6) is 0.215. The molecule has 0 unspecified atom stereocenters. The number of carbonyl (C=O) groups is 1. The first-order chi connectivity index (χ1) is 8.54. The molecule has 5 nitrogen and oxygen atoms in total. The molecule has 1 aromatic heterocycles. The van der Waals surface area contributed by atoms with Gasteiger partial charge >= 0.3 is 0 Å². The molecule has 0 aliphatic rings. The molecular weight excluding hydrogens is 316 g/mol. The van der Waals surface area contributed by atoms with Crippen molar-refractivity contribution in [2.45, 2.75) is 26.3 Å². The van der Waals surface area contributed by atoms with Crippen LogP contribution in [0.4, 0.5) is 5.00 Å². The first-order valence-electron chi connectivity index (χ1n) is 5.56. The Morgan fingerprint density at radius 1 is 1.67 bits per heavy atom. The van der Waals surface area contributed by atoms with Gasteiger partial charge in [-0.25, -0.2) is 0 Å². The molecule has 0 aliphatic carbocycles. The van der Waals surface area contributed by atoms with Gasteiger partial charge in [-0.1, -0.05) is 13.8 Å². The number of nitrogens with zero attached hydrogens (tertiary/aromatic N) is 2. The Kier molecular flexibility index (Phi) is 6.09. The highest BCUT2D eigenvalue weighted by atomic mass is 79.9. The number of halogens is 1. The van der Waals surface area contributed by atoms with Crippen LogP contribution in [0.15, 0.2) is 10.7 Å². The van der Waals surface area contributed by atoms with E-state index < -0.39 is 0 Å². The molecule has 18 heavy (non-hydrogen) atoms. The minimum absolute atomic E-state index is 0.0268. The number of carbonyl (C=O) groups excluding carboxylic acids is 1. The van der Waals surface area contributed by atoms with Crippen LogP contribution >= 0.6 is 27.5 Å². The summed E-state index contributed by atoms with van der Waals surface area (Å²) in [7, 11) is 0. The van der Waals surface area contributed by atoms with Crippen LogP contribution < -0.4 is 10.6 Å². The van der Waals surface area contributed by atoms with Gasteiger partial charge in [0.1, 0.15) is 17.6 Å². The number of amides is 1. The van der Waals surface area contributed by atoms with Crippen LogP contribution in [0, 0.1) is 17.2 Å². The molecule has 0 spiro atoms. The average molecular weight is 331 g/mol. The highest BCUT2D eigenvalue weighted by molar-refractivity contribution is 9.10. The largest absolute Gasteiger partial charge is 0.363 e. The number of hydrogen-bond acceptors (Lipinski definition) is 5. The number of rotatable bonds is 6. The second-order valence-corrected chi connectivity index (χ2v) is 5.86. The van der Waals surface area contributed by atoms with Crippen molar-refractivity contribution in [1.82, 2.24) is 9.69 Å². The summed E-state index contributed by atoms with van der Waals surface area (Å²) in [6, 6.07) is 1.55. The van der Waals surface area contributed by atoms with Crippen LogP contribution in [0.25, 0.3) is 0 Å². The molecule has 0 bridgehead atoms. The Morgan fingerprint density at radius 3 is 2.89 bits per heavy atom. The third kappa shape index (κ3) is 4.63.